The number of amides is 1. The Balaban J connectivity index is 1.80. The molecule has 0 radical (unpaired) electrons. The minimum Gasteiger partial charge on any atom is -0.481 e. The van der Waals surface area contributed by atoms with Gasteiger partial charge in [0.1, 0.15) is 5.82 Å². The topological polar surface area (TPSA) is 51.2 Å². The predicted molar refractivity (Wildman–Crippen MR) is 76.7 cm³/mol. The highest BCUT2D eigenvalue weighted by molar-refractivity contribution is 6.01. The molecule has 1 aliphatic rings. The zero-order chi connectivity index (χ0) is 14.9. The van der Waals surface area contributed by atoms with Crippen LogP contribution in [0.3, 0.4) is 0 Å². The largest absolute Gasteiger partial charge is 0.481 e. The average Bonchev–Trinajstić information content (AvgIpc) is 3.30. The monoisotopic (exact) mass is 286 g/mol. The summed E-state index contributed by atoms with van der Waals surface area (Å²) in [4.78, 5) is 16.5. The number of benzene rings is 1. The molecule has 0 unspecified atom stereocenters. The zero-order valence-corrected chi connectivity index (χ0v) is 11.6. The highest BCUT2D eigenvalue weighted by Gasteiger charge is 2.52. The van der Waals surface area contributed by atoms with E-state index in [0.29, 0.717) is 30.0 Å². The first kappa shape index (κ1) is 13.5. The summed E-state index contributed by atoms with van der Waals surface area (Å²) < 4.78 is 18.9. The highest BCUT2D eigenvalue weighted by atomic mass is 19.1. The van der Waals surface area contributed by atoms with Gasteiger partial charge in [0.05, 0.1) is 24.4 Å². The molecule has 0 spiro atoms. The quantitative estimate of drug-likeness (QED) is 0.940. The highest BCUT2D eigenvalue weighted by Crippen LogP contribution is 2.49. The Morgan fingerprint density at radius 3 is 2.62 bits per heavy atom. The molecule has 0 atom stereocenters. The number of hydrogen-bond acceptors (Lipinski definition) is 3. The van der Waals surface area contributed by atoms with E-state index in [2.05, 4.69) is 10.3 Å². The third-order valence-corrected chi connectivity index (χ3v) is 3.78. The summed E-state index contributed by atoms with van der Waals surface area (Å²) in [5.74, 6) is -0.0548. The summed E-state index contributed by atoms with van der Waals surface area (Å²) in [6, 6.07) is 9.81. The third-order valence-electron chi connectivity index (χ3n) is 3.78. The molecule has 1 amide bonds. The first-order chi connectivity index (χ1) is 10.2. The molecular weight excluding hydrogens is 271 g/mol. The standard InChI is InChI=1S/C16H15FN2O2/c1-21-14-7-6-11(10-18-14)19-15(20)16(8-9-16)12-4-2-3-5-13(12)17/h2-7,10H,8-9H2,1H3,(H,19,20). The average molecular weight is 286 g/mol. The van der Waals surface area contributed by atoms with Gasteiger partial charge in [0, 0.05) is 11.6 Å². The third kappa shape index (κ3) is 2.46. The molecule has 0 bridgehead atoms. The SMILES string of the molecule is COc1ccc(NC(=O)C2(c3ccccc3F)CC2)cn1. The maximum atomic E-state index is 13.9. The summed E-state index contributed by atoms with van der Waals surface area (Å²) in [7, 11) is 1.53. The molecule has 1 aromatic carbocycles. The lowest BCUT2D eigenvalue weighted by Gasteiger charge is -2.16. The van der Waals surface area contributed by atoms with Gasteiger partial charge in [-0.3, -0.25) is 4.79 Å². The van der Waals surface area contributed by atoms with Gasteiger partial charge in [0.2, 0.25) is 11.8 Å². The number of nitrogens with zero attached hydrogens (tertiary/aromatic N) is 1. The van der Waals surface area contributed by atoms with Crippen LogP contribution in [-0.4, -0.2) is 18.0 Å². The van der Waals surface area contributed by atoms with Crippen LogP contribution in [0.4, 0.5) is 10.1 Å². The van der Waals surface area contributed by atoms with Gasteiger partial charge in [-0.1, -0.05) is 18.2 Å². The van der Waals surface area contributed by atoms with E-state index in [1.807, 2.05) is 0 Å². The van der Waals surface area contributed by atoms with E-state index >= 15 is 0 Å². The van der Waals surface area contributed by atoms with Crippen LogP contribution in [0.5, 0.6) is 5.88 Å². The Morgan fingerprint density at radius 1 is 1.29 bits per heavy atom. The number of halogens is 1. The first-order valence-electron chi connectivity index (χ1n) is 6.72. The number of anilines is 1. The molecule has 3 rings (SSSR count). The van der Waals surface area contributed by atoms with Crippen LogP contribution >= 0.6 is 0 Å². The Kier molecular flexibility index (Phi) is 3.33. The number of rotatable bonds is 4. The van der Waals surface area contributed by atoms with Crippen LogP contribution in [0.2, 0.25) is 0 Å². The molecule has 1 saturated carbocycles. The number of pyridine rings is 1. The Bertz CT molecular complexity index is 666. The smallest absolute Gasteiger partial charge is 0.235 e. The number of ether oxygens (including phenoxy) is 1. The molecule has 0 saturated heterocycles. The summed E-state index contributed by atoms with van der Waals surface area (Å²) in [6.07, 6.45) is 2.83. The fourth-order valence-corrected chi connectivity index (χ4v) is 2.42. The summed E-state index contributed by atoms with van der Waals surface area (Å²) in [5.41, 5.74) is 0.290. The molecule has 4 nitrogen and oxygen atoms in total. The van der Waals surface area contributed by atoms with Crippen LogP contribution in [0.25, 0.3) is 0 Å². The van der Waals surface area contributed by atoms with Crippen molar-refractivity contribution < 1.29 is 13.9 Å². The van der Waals surface area contributed by atoms with E-state index in [0.717, 1.165) is 0 Å². The van der Waals surface area contributed by atoms with Crippen molar-refractivity contribution in [3.63, 3.8) is 0 Å². The fourth-order valence-electron chi connectivity index (χ4n) is 2.42. The van der Waals surface area contributed by atoms with Crippen molar-refractivity contribution in [2.45, 2.75) is 18.3 Å². The van der Waals surface area contributed by atoms with Gasteiger partial charge in [-0.2, -0.15) is 0 Å². The first-order valence-corrected chi connectivity index (χ1v) is 6.72. The van der Waals surface area contributed by atoms with E-state index in [-0.39, 0.29) is 11.7 Å². The van der Waals surface area contributed by atoms with Gasteiger partial charge in [0.15, 0.2) is 0 Å². The number of nitrogens with one attached hydrogen (secondary N) is 1. The molecule has 0 aliphatic heterocycles. The number of carbonyl (C=O) groups excluding carboxylic acids is 1. The minimum absolute atomic E-state index is 0.195. The fraction of sp³-hybridized carbons (Fsp3) is 0.250. The van der Waals surface area contributed by atoms with Crippen molar-refractivity contribution in [3.05, 3.63) is 54.0 Å². The molecule has 2 aromatic rings. The maximum Gasteiger partial charge on any atom is 0.235 e. The van der Waals surface area contributed by atoms with Crippen molar-refractivity contribution in [3.8, 4) is 5.88 Å². The van der Waals surface area contributed by atoms with E-state index in [9.17, 15) is 9.18 Å². The molecule has 1 N–H and O–H groups in total. The lowest BCUT2D eigenvalue weighted by Crippen LogP contribution is -2.28. The van der Waals surface area contributed by atoms with E-state index in [4.69, 9.17) is 4.74 Å². The number of carbonyl (C=O) groups is 1. The van der Waals surface area contributed by atoms with Crippen LogP contribution in [-0.2, 0) is 10.2 Å². The van der Waals surface area contributed by atoms with Crippen molar-refractivity contribution in [1.29, 1.82) is 0 Å². The van der Waals surface area contributed by atoms with Crippen molar-refractivity contribution in [2.24, 2.45) is 0 Å². The molecule has 1 aromatic heterocycles. The molecule has 21 heavy (non-hydrogen) atoms. The molecule has 1 aliphatic carbocycles. The van der Waals surface area contributed by atoms with Gasteiger partial charge in [-0.15, -0.1) is 0 Å². The van der Waals surface area contributed by atoms with Crippen LogP contribution in [0.15, 0.2) is 42.6 Å². The van der Waals surface area contributed by atoms with E-state index in [1.165, 1.54) is 19.4 Å². The number of methoxy groups -OCH3 is 1. The Morgan fingerprint density at radius 2 is 2.05 bits per heavy atom. The second-order valence-electron chi connectivity index (χ2n) is 5.11. The molecule has 5 heteroatoms. The van der Waals surface area contributed by atoms with Crippen LogP contribution < -0.4 is 10.1 Å². The maximum absolute atomic E-state index is 13.9. The summed E-state index contributed by atoms with van der Waals surface area (Å²) in [6.45, 7) is 0. The second kappa shape index (κ2) is 5.16. The summed E-state index contributed by atoms with van der Waals surface area (Å²) >= 11 is 0. The molecule has 108 valence electrons. The Labute approximate surface area is 122 Å². The number of hydrogen-bond donors (Lipinski definition) is 1. The zero-order valence-electron chi connectivity index (χ0n) is 11.6. The van der Waals surface area contributed by atoms with Crippen molar-refractivity contribution >= 4 is 11.6 Å². The van der Waals surface area contributed by atoms with Crippen molar-refractivity contribution in [2.75, 3.05) is 12.4 Å². The van der Waals surface area contributed by atoms with Gasteiger partial charge in [0.25, 0.3) is 0 Å². The van der Waals surface area contributed by atoms with E-state index in [1.54, 1.807) is 30.3 Å². The minimum atomic E-state index is -0.745. The molecular formula is C16H15FN2O2. The number of aromatic nitrogens is 1. The summed E-state index contributed by atoms with van der Waals surface area (Å²) in [5, 5.41) is 2.80. The van der Waals surface area contributed by atoms with Crippen molar-refractivity contribution in [1.82, 2.24) is 4.98 Å². The predicted octanol–water partition coefficient (Wildman–Crippen LogP) is 2.90. The van der Waals surface area contributed by atoms with Gasteiger partial charge in [-0.05, 0) is 25.0 Å². The van der Waals surface area contributed by atoms with E-state index < -0.39 is 5.41 Å². The lowest BCUT2D eigenvalue weighted by atomic mass is 9.94. The Hall–Kier alpha value is -2.43. The van der Waals surface area contributed by atoms with Gasteiger partial charge in [-0.25, -0.2) is 9.37 Å². The van der Waals surface area contributed by atoms with Crippen LogP contribution in [0, 0.1) is 5.82 Å². The molecule has 1 fully saturated rings. The molecule has 1 heterocycles. The normalized spacial score (nSPS) is 15.3. The van der Waals surface area contributed by atoms with Gasteiger partial charge < -0.3 is 10.1 Å². The lowest BCUT2D eigenvalue weighted by molar-refractivity contribution is -0.118. The van der Waals surface area contributed by atoms with Gasteiger partial charge >= 0.3 is 0 Å². The van der Waals surface area contributed by atoms with Crippen LogP contribution in [0.1, 0.15) is 18.4 Å². The second-order valence-corrected chi connectivity index (χ2v) is 5.11.